The highest BCUT2D eigenvalue weighted by Gasteiger charge is 2.35. The normalized spacial score (nSPS) is 18.2. The highest BCUT2D eigenvalue weighted by atomic mass is 35.5. The molecule has 0 spiro atoms. The van der Waals surface area contributed by atoms with Crippen LogP contribution in [0.1, 0.15) is 40.6 Å². The van der Waals surface area contributed by atoms with E-state index in [0.29, 0.717) is 15.9 Å². The molecule has 1 atom stereocenters. The van der Waals surface area contributed by atoms with Gasteiger partial charge in [-0.05, 0) is 25.8 Å². The zero-order valence-electron chi connectivity index (χ0n) is 12.8. The van der Waals surface area contributed by atoms with Crippen molar-refractivity contribution in [1.82, 2.24) is 19.2 Å². The van der Waals surface area contributed by atoms with Crippen molar-refractivity contribution in [3.8, 4) is 0 Å². The molecule has 1 amide bonds. The topological polar surface area (TPSA) is 43.1 Å². The maximum Gasteiger partial charge on any atom is 0.271 e. The van der Waals surface area contributed by atoms with E-state index in [2.05, 4.69) is 5.10 Å². The van der Waals surface area contributed by atoms with Gasteiger partial charge < -0.3 is 9.47 Å². The fourth-order valence-corrected chi connectivity index (χ4v) is 3.77. The van der Waals surface area contributed by atoms with E-state index < -0.39 is 0 Å². The van der Waals surface area contributed by atoms with Crippen molar-refractivity contribution in [2.75, 3.05) is 6.54 Å². The van der Waals surface area contributed by atoms with Gasteiger partial charge in [-0.2, -0.15) is 5.10 Å². The molecule has 3 rings (SSSR count). The van der Waals surface area contributed by atoms with Gasteiger partial charge in [0.15, 0.2) is 0 Å². The van der Waals surface area contributed by atoms with Crippen LogP contribution in [0, 0.1) is 6.92 Å². The zero-order valence-corrected chi connectivity index (χ0v) is 14.3. The molecular formula is C15H18Cl2N4O. The van der Waals surface area contributed by atoms with Gasteiger partial charge >= 0.3 is 0 Å². The quantitative estimate of drug-likeness (QED) is 0.841. The van der Waals surface area contributed by atoms with Crippen molar-refractivity contribution < 1.29 is 4.79 Å². The first-order valence-corrected chi connectivity index (χ1v) is 7.97. The summed E-state index contributed by atoms with van der Waals surface area (Å²) in [4.78, 5) is 14.7. The lowest BCUT2D eigenvalue weighted by Gasteiger charge is -2.25. The van der Waals surface area contributed by atoms with E-state index in [4.69, 9.17) is 23.2 Å². The molecule has 1 aliphatic heterocycles. The molecule has 7 heteroatoms. The Balaban J connectivity index is 1.97. The number of likely N-dealkylation sites (tertiary alicyclic amines) is 1. The van der Waals surface area contributed by atoms with E-state index in [-0.39, 0.29) is 11.9 Å². The summed E-state index contributed by atoms with van der Waals surface area (Å²) in [7, 11) is 3.64. The molecule has 1 fully saturated rings. The molecule has 118 valence electrons. The largest absolute Gasteiger partial charge is 0.345 e. The van der Waals surface area contributed by atoms with Crippen molar-refractivity contribution in [3.63, 3.8) is 0 Å². The van der Waals surface area contributed by atoms with Gasteiger partial charge in [0.1, 0.15) is 10.8 Å². The molecule has 0 aliphatic carbocycles. The summed E-state index contributed by atoms with van der Waals surface area (Å²) >= 11 is 12.4. The van der Waals surface area contributed by atoms with E-state index in [1.165, 1.54) is 0 Å². The Bertz CT molecular complexity index is 734. The van der Waals surface area contributed by atoms with Crippen LogP contribution in [0.2, 0.25) is 10.2 Å². The van der Waals surface area contributed by atoms with Gasteiger partial charge in [0.2, 0.25) is 0 Å². The number of hydrogen-bond donors (Lipinski definition) is 0. The third kappa shape index (κ3) is 2.42. The summed E-state index contributed by atoms with van der Waals surface area (Å²) in [6.07, 6.45) is 3.59. The number of rotatable bonds is 2. The molecule has 0 unspecified atom stereocenters. The maximum absolute atomic E-state index is 12.9. The number of aromatic nitrogens is 3. The average molecular weight is 341 g/mol. The standard InChI is InChI=1S/C15H18Cl2N4O/c1-9-13(14(17)20(3)18-9)11-5-4-6-21(11)15(22)12-7-10(16)8-19(12)2/h7-8,11H,4-6H2,1-3H3/t11-/m0/s1. The predicted octanol–water partition coefficient (Wildman–Crippen LogP) is 3.35. The second-order valence-corrected chi connectivity index (χ2v) is 6.52. The smallest absolute Gasteiger partial charge is 0.271 e. The number of nitrogens with zero attached hydrogens (tertiary/aromatic N) is 4. The maximum atomic E-state index is 12.9. The van der Waals surface area contributed by atoms with E-state index >= 15 is 0 Å². The molecule has 0 N–H and O–H groups in total. The van der Waals surface area contributed by atoms with Crippen LogP contribution in [0.15, 0.2) is 12.3 Å². The van der Waals surface area contributed by atoms with Crippen molar-refractivity contribution >= 4 is 29.1 Å². The number of carbonyl (C=O) groups is 1. The van der Waals surface area contributed by atoms with Crippen LogP contribution in [0.3, 0.4) is 0 Å². The van der Waals surface area contributed by atoms with Crippen molar-refractivity contribution in [2.24, 2.45) is 14.1 Å². The lowest BCUT2D eigenvalue weighted by molar-refractivity contribution is 0.0725. The van der Waals surface area contributed by atoms with Gasteiger partial charge in [-0.1, -0.05) is 23.2 Å². The molecule has 2 aromatic heterocycles. The third-order valence-corrected chi connectivity index (χ3v) is 4.89. The Morgan fingerprint density at radius 3 is 2.64 bits per heavy atom. The molecule has 1 aliphatic rings. The van der Waals surface area contributed by atoms with Crippen LogP contribution in [-0.2, 0) is 14.1 Å². The van der Waals surface area contributed by atoms with Crippen LogP contribution < -0.4 is 0 Å². The lowest BCUT2D eigenvalue weighted by Crippen LogP contribution is -2.32. The zero-order chi connectivity index (χ0) is 16.0. The summed E-state index contributed by atoms with van der Waals surface area (Å²) in [5, 5.41) is 5.53. The van der Waals surface area contributed by atoms with E-state index in [9.17, 15) is 4.79 Å². The average Bonchev–Trinajstić information content (AvgIpc) is 3.10. The highest BCUT2D eigenvalue weighted by molar-refractivity contribution is 6.31. The SMILES string of the molecule is Cc1nn(C)c(Cl)c1[C@@H]1CCCN1C(=O)c1cc(Cl)cn1C. The Hall–Kier alpha value is -1.46. The number of amides is 1. The van der Waals surface area contributed by atoms with Gasteiger partial charge in [-0.25, -0.2) is 0 Å². The molecule has 0 saturated carbocycles. The fourth-order valence-electron chi connectivity index (χ4n) is 3.22. The summed E-state index contributed by atoms with van der Waals surface area (Å²) in [5.74, 6) is -0.0174. The second kappa shape index (κ2) is 5.63. The van der Waals surface area contributed by atoms with Gasteiger partial charge in [-0.15, -0.1) is 0 Å². The Labute approximate surface area is 139 Å². The summed E-state index contributed by atoms with van der Waals surface area (Å²) in [6.45, 7) is 2.65. The molecule has 0 radical (unpaired) electrons. The lowest BCUT2D eigenvalue weighted by atomic mass is 10.1. The number of hydrogen-bond acceptors (Lipinski definition) is 2. The molecular weight excluding hydrogens is 323 g/mol. The third-order valence-electron chi connectivity index (χ3n) is 4.23. The van der Waals surface area contributed by atoms with Crippen molar-refractivity contribution in [1.29, 1.82) is 0 Å². The fraction of sp³-hybridized carbons (Fsp3) is 0.467. The van der Waals surface area contributed by atoms with Gasteiger partial charge in [0, 0.05) is 32.4 Å². The molecule has 5 nitrogen and oxygen atoms in total. The van der Waals surface area contributed by atoms with E-state index in [1.54, 1.807) is 21.5 Å². The molecule has 22 heavy (non-hydrogen) atoms. The van der Waals surface area contributed by atoms with Gasteiger partial charge in [-0.3, -0.25) is 9.48 Å². The Kier molecular flexibility index (Phi) is 3.95. The molecule has 0 bridgehead atoms. The molecule has 3 heterocycles. The first kappa shape index (κ1) is 15.4. The first-order valence-electron chi connectivity index (χ1n) is 7.22. The summed E-state index contributed by atoms with van der Waals surface area (Å²) < 4.78 is 3.42. The molecule has 0 aromatic carbocycles. The Morgan fingerprint density at radius 1 is 1.36 bits per heavy atom. The second-order valence-electron chi connectivity index (χ2n) is 5.72. The van der Waals surface area contributed by atoms with Crippen molar-refractivity contribution in [3.05, 3.63) is 39.4 Å². The van der Waals surface area contributed by atoms with E-state index in [1.807, 2.05) is 25.9 Å². The van der Waals surface area contributed by atoms with E-state index in [0.717, 1.165) is 30.6 Å². The highest BCUT2D eigenvalue weighted by Crippen LogP contribution is 2.38. The summed E-state index contributed by atoms with van der Waals surface area (Å²) in [5.41, 5.74) is 2.42. The number of aryl methyl sites for hydroxylation is 3. The minimum absolute atomic E-state index is 0.0174. The first-order chi connectivity index (χ1) is 10.4. The predicted molar refractivity (Wildman–Crippen MR) is 86.4 cm³/mol. The number of halogens is 2. The van der Waals surface area contributed by atoms with Crippen LogP contribution in [-0.4, -0.2) is 31.7 Å². The van der Waals surface area contributed by atoms with Gasteiger partial charge in [0.25, 0.3) is 5.91 Å². The minimum Gasteiger partial charge on any atom is -0.345 e. The van der Waals surface area contributed by atoms with Gasteiger partial charge in [0.05, 0.1) is 16.8 Å². The monoisotopic (exact) mass is 340 g/mol. The van der Waals surface area contributed by atoms with Crippen LogP contribution >= 0.6 is 23.2 Å². The van der Waals surface area contributed by atoms with Crippen molar-refractivity contribution in [2.45, 2.75) is 25.8 Å². The van der Waals surface area contributed by atoms with Crippen LogP contribution in [0.25, 0.3) is 0 Å². The van der Waals surface area contributed by atoms with Crippen LogP contribution in [0.4, 0.5) is 0 Å². The summed E-state index contributed by atoms with van der Waals surface area (Å²) in [6, 6.07) is 1.68. The number of carbonyl (C=O) groups excluding carboxylic acids is 1. The molecule has 2 aromatic rings. The van der Waals surface area contributed by atoms with Crippen LogP contribution in [0.5, 0.6) is 0 Å². The Morgan fingerprint density at radius 2 is 2.09 bits per heavy atom. The minimum atomic E-state index is -0.0256. The molecule has 1 saturated heterocycles.